The number of nitrogens with zero attached hydrogens (tertiary/aromatic N) is 2. The van der Waals surface area contributed by atoms with Crippen LogP contribution in [0.25, 0.3) is 22.5 Å². The normalized spacial score (nSPS) is 12.6. The van der Waals surface area contributed by atoms with Crippen LogP contribution in [0.5, 0.6) is 5.75 Å². The van der Waals surface area contributed by atoms with Crippen molar-refractivity contribution in [2.45, 2.75) is 13.0 Å². The number of amides is 1. The predicted octanol–water partition coefficient (Wildman–Crippen LogP) is 4.13. The van der Waals surface area contributed by atoms with Crippen LogP contribution >= 0.6 is 0 Å². The minimum Gasteiger partial charge on any atom is -0.497 e. The van der Waals surface area contributed by atoms with E-state index in [1.165, 1.54) is 0 Å². The lowest BCUT2D eigenvalue weighted by molar-refractivity contribution is -0.116. The molecule has 0 saturated carbocycles. The van der Waals surface area contributed by atoms with Crippen LogP contribution in [-0.2, 0) is 4.79 Å². The third-order valence-corrected chi connectivity index (χ3v) is 5.63. The number of carbonyl (C=O) groups is 2. The van der Waals surface area contributed by atoms with Crippen molar-refractivity contribution in [3.05, 3.63) is 78.1 Å². The van der Waals surface area contributed by atoms with Crippen LogP contribution in [0.3, 0.4) is 0 Å². The summed E-state index contributed by atoms with van der Waals surface area (Å²) in [7, 11) is 1.60. The van der Waals surface area contributed by atoms with Crippen molar-refractivity contribution >= 4 is 23.1 Å². The maximum absolute atomic E-state index is 13.5. The van der Waals surface area contributed by atoms with Gasteiger partial charge in [0.25, 0.3) is 0 Å². The first-order valence-electron chi connectivity index (χ1n) is 10.4. The van der Waals surface area contributed by atoms with Crippen LogP contribution in [0.15, 0.2) is 67.0 Å². The summed E-state index contributed by atoms with van der Waals surface area (Å²) >= 11 is 0. The molecule has 1 amide bonds. The highest BCUT2D eigenvalue weighted by molar-refractivity contribution is 6.27. The Balaban J connectivity index is 1.43. The van der Waals surface area contributed by atoms with Gasteiger partial charge >= 0.3 is 0 Å². The molecule has 1 aliphatic carbocycles. The lowest BCUT2D eigenvalue weighted by Gasteiger charge is -2.16. The van der Waals surface area contributed by atoms with Gasteiger partial charge in [-0.2, -0.15) is 5.10 Å². The van der Waals surface area contributed by atoms with E-state index in [-0.39, 0.29) is 11.7 Å². The van der Waals surface area contributed by atoms with Crippen molar-refractivity contribution in [1.29, 1.82) is 0 Å². The maximum Gasteiger partial charge on any atom is 0.246 e. The Morgan fingerprint density at radius 1 is 1.03 bits per heavy atom. The molecular formula is C25H21N5O3. The highest BCUT2D eigenvalue weighted by atomic mass is 16.5. The Hall–Kier alpha value is -4.46. The molecule has 0 saturated heterocycles. The van der Waals surface area contributed by atoms with E-state index >= 15 is 0 Å². The van der Waals surface area contributed by atoms with Crippen LogP contribution in [0.1, 0.15) is 22.8 Å². The molecule has 164 valence electrons. The van der Waals surface area contributed by atoms with E-state index in [9.17, 15) is 9.59 Å². The highest BCUT2D eigenvalue weighted by Gasteiger charge is 2.35. The molecular weight excluding hydrogens is 418 g/mol. The van der Waals surface area contributed by atoms with E-state index < -0.39 is 6.04 Å². The number of rotatable bonds is 6. The van der Waals surface area contributed by atoms with Crippen molar-refractivity contribution in [3.63, 3.8) is 0 Å². The van der Waals surface area contributed by atoms with E-state index in [2.05, 4.69) is 25.8 Å². The zero-order valence-electron chi connectivity index (χ0n) is 18.0. The van der Waals surface area contributed by atoms with Gasteiger partial charge < -0.3 is 15.4 Å². The first kappa shape index (κ1) is 20.4. The molecule has 1 unspecified atom stereocenters. The van der Waals surface area contributed by atoms with Gasteiger partial charge in [0.15, 0.2) is 5.78 Å². The summed E-state index contributed by atoms with van der Waals surface area (Å²) in [6.07, 6.45) is 3.30. The number of H-pyrrole nitrogens is 1. The fourth-order valence-corrected chi connectivity index (χ4v) is 3.95. The first-order valence-corrected chi connectivity index (χ1v) is 10.4. The largest absolute Gasteiger partial charge is 0.497 e. The molecule has 33 heavy (non-hydrogen) atoms. The number of ether oxygens (including phenoxy) is 1. The first-order chi connectivity index (χ1) is 16.1. The molecule has 0 aliphatic heterocycles. The van der Waals surface area contributed by atoms with Gasteiger partial charge in [0.05, 0.1) is 29.6 Å². The predicted molar refractivity (Wildman–Crippen MR) is 125 cm³/mol. The van der Waals surface area contributed by atoms with Gasteiger partial charge in [0.2, 0.25) is 5.91 Å². The number of pyridine rings is 1. The van der Waals surface area contributed by atoms with Crippen molar-refractivity contribution in [2.75, 3.05) is 17.7 Å². The summed E-state index contributed by atoms with van der Waals surface area (Å²) in [5.74, 6) is 0.294. The molecule has 1 atom stereocenters. The number of benzene rings is 2. The average Bonchev–Trinajstić information content (AvgIpc) is 3.40. The van der Waals surface area contributed by atoms with Gasteiger partial charge in [-0.25, -0.2) is 0 Å². The second-order valence-corrected chi connectivity index (χ2v) is 7.70. The van der Waals surface area contributed by atoms with E-state index in [0.29, 0.717) is 28.2 Å². The molecule has 4 aromatic rings. The van der Waals surface area contributed by atoms with Crippen molar-refractivity contribution in [1.82, 2.24) is 15.2 Å². The standard InChI is InChI=1S/C25H21N5O3/c1-14(27-16-10-12-26-13-11-16)25(32)28-19-5-3-4-18-20(19)24(31)21-22(29-30-23(18)21)15-6-8-17(33-2)9-7-15/h3-14H,1-2H3,(H,26,27)(H,28,32)(H,29,30). The zero-order chi connectivity index (χ0) is 22.9. The smallest absolute Gasteiger partial charge is 0.246 e. The number of carbonyl (C=O) groups excluding carboxylic acids is 2. The van der Waals surface area contributed by atoms with Gasteiger partial charge in [-0.3, -0.25) is 19.7 Å². The summed E-state index contributed by atoms with van der Waals surface area (Å²) < 4.78 is 5.22. The highest BCUT2D eigenvalue weighted by Crippen LogP contribution is 2.43. The lowest BCUT2D eigenvalue weighted by Crippen LogP contribution is -2.32. The summed E-state index contributed by atoms with van der Waals surface area (Å²) in [6, 6.07) is 15.8. The zero-order valence-corrected chi connectivity index (χ0v) is 18.0. The van der Waals surface area contributed by atoms with E-state index in [4.69, 9.17) is 4.74 Å². The van der Waals surface area contributed by atoms with Gasteiger partial charge in [-0.05, 0) is 49.4 Å². The van der Waals surface area contributed by atoms with E-state index in [0.717, 1.165) is 22.6 Å². The molecule has 5 rings (SSSR count). The molecule has 1 aliphatic rings. The number of aromatic amines is 1. The number of fused-ring (bicyclic) bond motifs is 3. The third kappa shape index (κ3) is 3.61. The summed E-state index contributed by atoms with van der Waals surface area (Å²) in [5.41, 5.74) is 4.95. The number of hydrogen-bond acceptors (Lipinski definition) is 6. The average molecular weight is 439 g/mol. The molecule has 3 N–H and O–H groups in total. The number of aromatic nitrogens is 3. The second-order valence-electron chi connectivity index (χ2n) is 7.70. The molecule has 0 spiro atoms. The third-order valence-electron chi connectivity index (χ3n) is 5.63. The summed E-state index contributed by atoms with van der Waals surface area (Å²) in [6.45, 7) is 1.76. The SMILES string of the molecule is COc1ccc(-c2n[nH]c3c2C(=O)c2c(NC(=O)C(C)Nc4ccncc4)cccc2-3)cc1. The van der Waals surface area contributed by atoms with Crippen LogP contribution in [0, 0.1) is 0 Å². The molecule has 8 nitrogen and oxygen atoms in total. The van der Waals surface area contributed by atoms with Gasteiger partial charge in [-0.1, -0.05) is 12.1 Å². The molecule has 0 radical (unpaired) electrons. The van der Waals surface area contributed by atoms with Crippen LogP contribution < -0.4 is 15.4 Å². The Labute approximate surface area is 190 Å². The van der Waals surface area contributed by atoms with Gasteiger partial charge in [-0.15, -0.1) is 0 Å². The van der Waals surface area contributed by atoms with E-state index in [1.807, 2.05) is 36.4 Å². The van der Waals surface area contributed by atoms with Crippen LogP contribution in [0.4, 0.5) is 11.4 Å². The molecule has 2 aromatic heterocycles. The monoisotopic (exact) mass is 439 g/mol. The summed E-state index contributed by atoms with van der Waals surface area (Å²) in [5, 5.41) is 13.4. The Kier molecular flexibility index (Phi) is 5.10. The number of hydrogen-bond donors (Lipinski definition) is 3. The molecule has 0 fully saturated rings. The topological polar surface area (TPSA) is 109 Å². The number of methoxy groups -OCH3 is 1. The molecule has 2 heterocycles. The minimum absolute atomic E-state index is 0.176. The Morgan fingerprint density at radius 3 is 2.52 bits per heavy atom. The Morgan fingerprint density at radius 2 is 1.79 bits per heavy atom. The molecule has 8 heteroatoms. The maximum atomic E-state index is 13.5. The van der Waals surface area contributed by atoms with Gasteiger partial charge in [0.1, 0.15) is 17.5 Å². The van der Waals surface area contributed by atoms with Crippen LogP contribution in [-0.4, -0.2) is 40.0 Å². The van der Waals surface area contributed by atoms with Crippen molar-refractivity contribution in [2.24, 2.45) is 0 Å². The fourth-order valence-electron chi connectivity index (χ4n) is 3.95. The van der Waals surface area contributed by atoms with Crippen molar-refractivity contribution in [3.8, 4) is 28.3 Å². The number of ketones is 1. The second kappa shape index (κ2) is 8.23. The van der Waals surface area contributed by atoms with Crippen LogP contribution in [0.2, 0.25) is 0 Å². The summed E-state index contributed by atoms with van der Waals surface area (Å²) in [4.78, 5) is 30.3. The van der Waals surface area contributed by atoms with Gasteiger partial charge in [0, 0.05) is 29.2 Å². The molecule has 0 bridgehead atoms. The lowest BCUT2D eigenvalue weighted by atomic mass is 10.0. The number of anilines is 2. The fraction of sp³-hybridized carbons (Fsp3) is 0.120. The van der Waals surface area contributed by atoms with Crippen molar-refractivity contribution < 1.29 is 14.3 Å². The minimum atomic E-state index is -0.519. The van der Waals surface area contributed by atoms with E-state index in [1.54, 1.807) is 44.6 Å². The molecule has 2 aromatic carbocycles. The quantitative estimate of drug-likeness (QED) is 0.367. The number of nitrogens with one attached hydrogen (secondary N) is 3. The Bertz CT molecular complexity index is 1350.